The Balaban J connectivity index is 1.78. The fourth-order valence-electron chi connectivity index (χ4n) is 3.22. The van der Waals surface area contributed by atoms with Gasteiger partial charge >= 0.3 is 0 Å². The van der Waals surface area contributed by atoms with E-state index in [-0.39, 0.29) is 0 Å². The van der Waals surface area contributed by atoms with Gasteiger partial charge in [0, 0.05) is 0 Å². The van der Waals surface area contributed by atoms with Gasteiger partial charge in [-0.15, -0.1) is 0 Å². The standard InChI is InChI=1S/C17H30O/c1-16-12-10-8-6-4-2-3-5-7-9-11-13-17(14-16)15-18-17/h8,10,16H,2-7,9,11-15H2,1H3. The van der Waals surface area contributed by atoms with Crippen molar-refractivity contribution in [1.82, 2.24) is 0 Å². The molecular formula is C17H30O. The van der Waals surface area contributed by atoms with E-state index < -0.39 is 0 Å². The lowest BCUT2D eigenvalue weighted by atomic mass is 9.89. The molecule has 1 fully saturated rings. The summed E-state index contributed by atoms with van der Waals surface area (Å²) >= 11 is 0. The molecule has 0 radical (unpaired) electrons. The van der Waals surface area contributed by atoms with Crippen molar-refractivity contribution in [3.63, 3.8) is 0 Å². The average Bonchev–Trinajstić information content (AvgIpc) is 3.10. The SMILES string of the molecule is CC1CC=CCCCCCCCCCC2(CO2)C1. The molecule has 1 saturated heterocycles. The van der Waals surface area contributed by atoms with Crippen LogP contribution in [0, 0.1) is 5.92 Å². The highest BCUT2D eigenvalue weighted by Gasteiger charge is 2.44. The first kappa shape index (κ1) is 14.1. The molecule has 2 atom stereocenters. The number of hydrogen-bond donors (Lipinski definition) is 0. The second-order valence-corrected chi connectivity index (χ2v) is 6.50. The maximum absolute atomic E-state index is 5.77. The molecule has 0 N–H and O–H groups in total. The molecule has 1 spiro atoms. The van der Waals surface area contributed by atoms with Gasteiger partial charge < -0.3 is 4.74 Å². The molecule has 0 amide bonds. The smallest absolute Gasteiger partial charge is 0.0919 e. The number of rotatable bonds is 0. The summed E-state index contributed by atoms with van der Waals surface area (Å²) in [5.74, 6) is 0.786. The molecule has 1 nitrogen and oxygen atoms in total. The van der Waals surface area contributed by atoms with Gasteiger partial charge in [0.1, 0.15) is 0 Å². The van der Waals surface area contributed by atoms with E-state index >= 15 is 0 Å². The van der Waals surface area contributed by atoms with Crippen molar-refractivity contribution in [3.8, 4) is 0 Å². The Morgan fingerprint density at radius 2 is 1.61 bits per heavy atom. The van der Waals surface area contributed by atoms with Gasteiger partial charge in [-0.2, -0.15) is 0 Å². The van der Waals surface area contributed by atoms with Crippen LogP contribution in [0.2, 0.25) is 0 Å². The van der Waals surface area contributed by atoms with E-state index in [9.17, 15) is 0 Å². The van der Waals surface area contributed by atoms with E-state index in [1.54, 1.807) is 0 Å². The van der Waals surface area contributed by atoms with Gasteiger partial charge in [-0.1, -0.05) is 57.6 Å². The van der Waals surface area contributed by atoms with Gasteiger partial charge in [0.25, 0.3) is 0 Å². The Morgan fingerprint density at radius 3 is 2.33 bits per heavy atom. The predicted molar refractivity (Wildman–Crippen MR) is 77.8 cm³/mol. The van der Waals surface area contributed by atoms with Crippen LogP contribution in [-0.2, 0) is 4.74 Å². The maximum atomic E-state index is 5.77. The predicted octanol–water partition coefficient (Wildman–Crippen LogP) is 5.25. The van der Waals surface area contributed by atoms with Crippen LogP contribution in [-0.4, -0.2) is 12.2 Å². The molecule has 2 aliphatic rings. The van der Waals surface area contributed by atoms with Crippen molar-refractivity contribution < 1.29 is 4.74 Å². The fraction of sp³-hybridized carbons (Fsp3) is 0.882. The van der Waals surface area contributed by atoms with E-state index in [1.165, 1.54) is 70.6 Å². The minimum absolute atomic E-state index is 0.299. The summed E-state index contributed by atoms with van der Waals surface area (Å²) in [6.07, 6.45) is 19.8. The van der Waals surface area contributed by atoms with Gasteiger partial charge in [-0.25, -0.2) is 0 Å². The van der Waals surface area contributed by atoms with Crippen LogP contribution >= 0.6 is 0 Å². The number of hydrogen-bond acceptors (Lipinski definition) is 1. The second kappa shape index (κ2) is 7.33. The molecule has 0 aromatic carbocycles. The Kier molecular flexibility index (Phi) is 5.75. The molecule has 2 rings (SSSR count). The number of allylic oxidation sites excluding steroid dienone is 2. The zero-order chi connectivity index (χ0) is 12.7. The molecule has 2 unspecified atom stereocenters. The van der Waals surface area contributed by atoms with Gasteiger partial charge in [0.2, 0.25) is 0 Å². The minimum atomic E-state index is 0.299. The highest BCUT2D eigenvalue weighted by molar-refractivity contribution is 4.95. The zero-order valence-electron chi connectivity index (χ0n) is 12.1. The second-order valence-electron chi connectivity index (χ2n) is 6.50. The van der Waals surface area contributed by atoms with Gasteiger partial charge in [-0.05, 0) is 38.0 Å². The maximum Gasteiger partial charge on any atom is 0.0919 e. The van der Waals surface area contributed by atoms with Crippen molar-refractivity contribution in [2.24, 2.45) is 5.92 Å². The van der Waals surface area contributed by atoms with Crippen LogP contribution in [0.3, 0.4) is 0 Å². The Labute approximate surface area is 113 Å². The molecule has 104 valence electrons. The third kappa shape index (κ3) is 5.14. The minimum Gasteiger partial charge on any atom is -0.370 e. The summed E-state index contributed by atoms with van der Waals surface area (Å²) in [7, 11) is 0. The van der Waals surface area contributed by atoms with E-state index in [0.29, 0.717) is 5.60 Å². The van der Waals surface area contributed by atoms with Crippen molar-refractivity contribution in [2.75, 3.05) is 6.61 Å². The van der Waals surface area contributed by atoms with Crippen LogP contribution in [0.4, 0.5) is 0 Å². The van der Waals surface area contributed by atoms with Gasteiger partial charge in [0.05, 0.1) is 12.2 Å². The molecule has 1 heteroatoms. The third-order valence-corrected chi connectivity index (χ3v) is 4.48. The zero-order valence-corrected chi connectivity index (χ0v) is 12.1. The molecule has 0 aromatic heterocycles. The van der Waals surface area contributed by atoms with Crippen LogP contribution < -0.4 is 0 Å². The average molecular weight is 250 g/mol. The normalized spacial score (nSPS) is 35.9. The highest BCUT2D eigenvalue weighted by atomic mass is 16.6. The quantitative estimate of drug-likeness (QED) is 0.422. The molecule has 0 aromatic rings. The summed E-state index contributed by atoms with van der Waals surface area (Å²) in [5.41, 5.74) is 0.299. The molecule has 1 aliphatic carbocycles. The molecule has 0 saturated carbocycles. The fourth-order valence-corrected chi connectivity index (χ4v) is 3.22. The molecule has 0 bridgehead atoms. The van der Waals surface area contributed by atoms with Gasteiger partial charge in [0.15, 0.2) is 0 Å². The Bertz CT molecular complexity index is 252. The molecule has 18 heavy (non-hydrogen) atoms. The first-order valence-corrected chi connectivity index (χ1v) is 8.10. The first-order chi connectivity index (χ1) is 8.81. The van der Waals surface area contributed by atoms with E-state index in [4.69, 9.17) is 4.74 Å². The van der Waals surface area contributed by atoms with Crippen molar-refractivity contribution in [2.45, 2.75) is 83.2 Å². The van der Waals surface area contributed by atoms with Crippen molar-refractivity contribution in [1.29, 1.82) is 0 Å². The Hall–Kier alpha value is -0.300. The summed E-state index contributed by atoms with van der Waals surface area (Å²) in [4.78, 5) is 0. The molecule has 1 aliphatic heterocycles. The topological polar surface area (TPSA) is 12.5 Å². The summed E-state index contributed by atoms with van der Waals surface area (Å²) in [6.45, 7) is 3.41. The highest BCUT2D eigenvalue weighted by Crippen LogP contribution is 2.39. The van der Waals surface area contributed by atoms with E-state index in [0.717, 1.165) is 12.5 Å². The lowest BCUT2D eigenvalue weighted by molar-refractivity contribution is 0.239. The first-order valence-electron chi connectivity index (χ1n) is 8.10. The number of epoxide rings is 1. The van der Waals surface area contributed by atoms with Crippen molar-refractivity contribution >= 4 is 0 Å². The van der Waals surface area contributed by atoms with Crippen LogP contribution in [0.1, 0.15) is 77.6 Å². The van der Waals surface area contributed by atoms with Crippen molar-refractivity contribution in [3.05, 3.63) is 12.2 Å². The summed E-state index contributed by atoms with van der Waals surface area (Å²) < 4.78 is 5.77. The van der Waals surface area contributed by atoms with Crippen LogP contribution in [0.15, 0.2) is 12.2 Å². The molecular weight excluding hydrogens is 220 g/mol. The number of ether oxygens (including phenoxy) is 1. The Morgan fingerprint density at radius 1 is 0.944 bits per heavy atom. The largest absolute Gasteiger partial charge is 0.370 e. The lowest BCUT2D eigenvalue weighted by Crippen LogP contribution is -2.15. The van der Waals surface area contributed by atoms with Crippen LogP contribution in [0.5, 0.6) is 0 Å². The van der Waals surface area contributed by atoms with Gasteiger partial charge in [-0.3, -0.25) is 0 Å². The van der Waals surface area contributed by atoms with E-state index in [1.807, 2.05) is 0 Å². The van der Waals surface area contributed by atoms with E-state index in [2.05, 4.69) is 19.1 Å². The monoisotopic (exact) mass is 250 g/mol. The lowest BCUT2D eigenvalue weighted by Gasteiger charge is -2.16. The van der Waals surface area contributed by atoms with Crippen LogP contribution in [0.25, 0.3) is 0 Å². The third-order valence-electron chi connectivity index (χ3n) is 4.48. The summed E-state index contributed by atoms with van der Waals surface area (Å²) in [5, 5.41) is 0. The summed E-state index contributed by atoms with van der Waals surface area (Å²) in [6, 6.07) is 0. The molecule has 1 heterocycles.